The number of nitro benzene ring substituents is 1. The highest BCUT2D eigenvalue weighted by Crippen LogP contribution is 2.37. The number of aliphatic hydroxyl groups is 3. The van der Waals surface area contributed by atoms with Gasteiger partial charge in [-0.3, -0.25) is 14.7 Å². The molecule has 3 aromatic rings. The van der Waals surface area contributed by atoms with Crippen LogP contribution in [0, 0.1) is 10.1 Å². The van der Waals surface area contributed by atoms with Gasteiger partial charge in [0.15, 0.2) is 17.4 Å². The van der Waals surface area contributed by atoms with E-state index in [4.69, 9.17) is 14.5 Å². The van der Waals surface area contributed by atoms with Crippen molar-refractivity contribution in [3.05, 3.63) is 46.3 Å². The molecule has 4 atom stereocenters. The number of nitrogens with zero attached hydrogens (tertiary/aromatic N) is 5. The monoisotopic (exact) mass is 514 g/mol. The van der Waals surface area contributed by atoms with Crippen LogP contribution in [0.3, 0.4) is 0 Å². The van der Waals surface area contributed by atoms with Crippen molar-refractivity contribution in [2.75, 3.05) is 5.32 Å². The first kappa shape index (κ1) is 25.3. The summed E-state index contributed by atoms with van der Waals surface area (Å²) in [6.07, 6.45) is 0.181. The molecule has 37 heavy (non-hydrogen) atoms. The standard InChI is InChI=1S/C24H30N6O7/c1-13-18(31)19(32)22(37-13)29-20-17(28-23(29)27-15-7-9-24(2,33)10-8-15)21(26-12-25-20)36-11-14-3-5-16(6-4-14)30(34)35/h3-6,12-13,15,18-19,22,31-33H,7-11H2,1-2H3,(H,27,28)/t13-,15?,18-,19-,22-,24?/m1/s1. The van der Waals surface area contributed by atoms with Crippen molar-refractivity contribution < 1.29 is 29.7 Å². The fourth-order valence-electron chi connectivity index (χ4n) is 4.81. The Labute approximate surface area is 212 Å². The Morgan fingerprint density at radius 2 is 1.92 bits per heavy atom. The van der Waals surface area contributed by atoms with Gasteiger partial charge in [-0.25, -0.2) is 9.97 Å². The van der Waals surface area contributed by atoms with E-state index in [-0.39, 0.29) is 24.2 Å². The van der Waals surface area contributed by atoms with Crippen LogP contribution in [0.1, 0.15) is 51.3 Å². The number of aliphatic hydroxyl groups excluding tert-OH is 2. The van der Waals surface area contributed by atoms with Gasteiger partial charge in [0.1, 0.15) is 25.1 Å². The van der Waals surface area contributed by atoms with Crippen molar-refractivity contribution in [2.45, 2.75) is 82.3 Å². The van der Waals surface area contributed by atoms with Crippen LogP contribution in [0.2, 0.25) is 0 Å². The lowest BCUT2D eigenvalue weighted by atomic mass is 9.84. The van der Waals surface area contributed by atoms with Crippen LogP contribution < -0.4 is 10.1 Å². The third-order valence-electron chi connectivity index (χ3n) is 7.09. The first-order valence-corrected chi connectivity index (χ1v) is 12.2. The predicted molar refractivity (Wildman–Crippen MR) is 131 cm³/mol. The SMILES string of the molecule is C[C@H]1O[C@@H](n2c(NC3CCC(C)(O)CC3)nc3c(OCc4ccc([N+](=O)[O-])cc4)ncnc32)[C@H](O)[C@@H]1O. The number of anilines is 1. The zero-order chi connectivity index (χ0) is 26.3. The minimum absolute atomic E-state index is 0.0154. The summed E-state index contributed by atoms with van der Waals surface area (Å²) in [5, 5.41) is 45.7. The van der Waals surface area contributed by atoms with Crippen LogP contribution >= 0.6 is 0 Å². The highest BCUT2D eigenvalue weighted by atomic mass is 16.6. The summed E-state index contributed by atoms with van der Waals surface area (Å²) < 4.78 is 13.4. The van der Waals surface area contributed by atoms with Gasteiger partial charge in [-0.15, -0.1) is 0 Å². The molecule has 2 fully saturated rings. The maximum Gasteiger partial charge on any atom is 0.269 e. The number of non-ortho nitro benzene ring substituents is 1. The van der Waals surface area contributed by atoms with E-state index in [1.165, 1.54) is 18.5 Å². The Hall–Kier alpha value is -3.39. The Morgan fingerprint density at radius 1 is 1.22 bits per heavy atom. The lowest BCUT2D eigenvalue weighted by Crippen LogP contribution is -2.37. The second-order valence-corrected chi connectivity index (χ2v) is 10.00. The van der Waals surface area contributed by atoms with Gasteiger partial charge in [0, 0.05) is 18.2 Å². The molecule has 0 amide bonds. The van der Waals surface area contributed by atoms with E-state index < -0.39 is 35.1 Å². The maximum absolute atomic E-state index is 10.9. The van der Waals surface area contributed by atoms with E-state index in [9.17, 15) is 25.4 Å². The number of nitrogens with one attached hydrogen (secondary N) is 1. The fourth-order valence-corrected chi connectivity index (χ4v) is 4.81. The zero-order valence-corrected chi connectivity index (χ0v) is 20.5. The molecule has 0 bridgehead atoms. The molecule has 3 heterocycles. The highest BCUT2D eigenvalue weighted by molar-refractivity contribution is 5.79. The second kappa shape index (κ2) is 9.82. The van der Waals surface area contributed by atoms with Gasteiger partial charge in [0.2, 0.25) is 11.8 Å². The van der Waals surface area contributed by atoms with Gasteiger partial charge in [0.05, 0.1) is 16.6 Å². The number of fused-ring (bicyclic) bond motifs is 1. The summed E-state index contributed by atoms with van der Waals surface area (Å²) in [7, 11) is 0. The molecule has 0 radical (unpaired) electrons. The van der Waals surface area contributed by atoms with Crippen molar-refractivity contribution in [3.8, 4) is 5.88 Å². The summed E-state index contributed by atoms with van der Waals surface area (Å²) in [5.41, 5.74) is 0.672. The van der Waals surface area contributed by atoms with Crippen molar-refractivity contribution >= 4 is 22.8 Å². The van der Waals surface area contributed by atoms with E-state index in [0.29, 0.717) is 35.5 Å². The average molecular weight is 515 g/mol. The highest BCUT2D eigenvalue weighted by Gasteiger charge is 2.43. The summed E-state index contributed by atoms with van der Waals surface area (Å²) in [5.74, 6) is 0.574. The van der Waals surface area contributed by atoms with Gasteiger partial charge in [0.25, 0.3) is 5.69 Å². The Balaban J connectivity index is 1.46. The van der Waals surface area contributed by atoms with E-state index in [2.05, 4.69) is 15.3 Å². The third kappa shape index (κ3) is 5.07. The number of imidazole rings is 1. The molecule has 2 aromatic heterocycles. The molecule has 13 nitrogen and oxygen atoms in total. The molecule has 0 unspecified atom stereocenters. The smallest absolute Gasteiger partial charge is 0.269 e. The Bertz CT molecular complexity index is 1270. The molecule has 198 valence electrons. The second-order valence-electron chi connectivity index (χ2n) is 10.00. The first-order valence-electron chi connectivity index (χ1n) is 12.2. The molecule has 1 aliphatic heterocycles. The average Bonchev–Trinajstić information content (AvgIpc) is 3.36. The number of hydrogen-bond donors (Lipinski definition) is 4. The van der Waals surface area contributed by atoms with Gasteiger partial charge in [-0.2, -0.15) is 4.98 Å². The van der Waals surface area contributed by atoms with Crippen molar-refractivity contribution in [1.29, 1.82) is 0 Å². The largest absolute Gasteiger partial charge is 0.471 e. The topological polar surface area (TPSA) is 178 Å². The quantitative estimate of drug-likeness (QED) is 0.268. The lowest BCUT2D eigenvalue weighted by molar-refractivity contribution is -0.384. The molecule has 1 saturated carbocycles. The molecule has 13 heteroatoms. The minimum Gasteiger partial charge on any atom is -0.471 e. The van der Waals surface area contributed by atoms with Crippen LogP contribution in [-0.2, 0) is 11.3 Å². The predicted octanol–water partition coefficient (Wildman–Crippen LogP) is 2.06. The minimum atomic E-state index is -1.21. The first-order chi connectivity index (χ1) is 17.6. The van der Waals surface area contributed by atoms with Crippen LogP contribution in [0.5, 0.6) is 5.88 Å². The van der Waals surface area contributed by atoms with E-state index >= 15 is 0 Å². The lowest BCUT2D eigenvalue weighted by Gasteiger charge is -2.34. The van der Waals surface area contributed by atoms with Gasteiger partial charge < -0.3 is 30.1 Å². The van der Waals surface area contributed by atoms with E-state index in [1.54, 1.807) is 23.6 Å². The molecular weight excluding hydrogens is 484 g/mol. The molecular formula is C24H30N6O7. The third-order valence-corrected chi connectivity index (χ3v) is 7.09. The molecule has 5 rings (SSSR count). The number of ether oxygens (including phenoxy) is 2. The van der Waals surface area contributed by atoms with Gasteiger partial charge in [-0.1, -0.05) is 0 Å². The number of nitro groups is 1. The summed E-state index contributed by atoms with van der Waals surface area (Å²) in [4.78, 5) is 23.7. The number of benzene rings is 1. The Kier molecular flexibility index (Phi) is 6.70. The maximum atomic E-state index is 10.9. The van der Waals surface area contributed by atoms with Crippen molar-refractivity contribution in [3.63, 3.8) is 0 Å². The molecule has 4 N–H and O–H groups in total. The zero-order valence-electron chi connectivity index (χ0n) is 20.5. The number of rotatable bonds is 7. The summed E-state index contributed by atoms with van der Waals surface area (Å²) in [6, 6.07) is 6.03. The number of aromatic nitrogens is 4. The van der Waals surface area contributed by atoms with Gasteiger partial charge >= 0.3 is 0 Å². The van der Waals surface area contributed by atoms with Crippen LogP contribution in [-0.4, -0.2) is 69.7 Å². The molecule has 1 aliphatic carbocycles. The van der Waals surface area contributed by atoms with Crippen LogP contribution in [0.15, 0.2) is 30.6 Å². The number of hydrogen-bond acceptors (Lipinski definition) is 11. The summed E-state index contributed by atoms with van der Waals surface area (Å²) >= 11 is 0. The molecule has 0 spiro atoms. The van der Waals surface area contributed by atoms with E-state index in [0.717, 1.165) is 12.8 Å². The van der Waals surface area contributed by atoms with E-state index in [1.807, 2.05) is 6.92 Å². The normalized spacial score (nSPS) is 29.9. The summed E-state index contributed by atoms with van der Waals surface area (Å²) in [6.45, 7) is 3.60. The van der Waals surface area contributed by atoms with Crippen molar-refractivity contribution in [1.82, 2.24) is 19.5 Å². The molecule has 1 aromatic carbocycles. The van der Waals surface area contributed by atoms with Crippen molar-refractivity contribution in [2.24, 2.45) is 0 Å². The van der Waals surface area contributed by atoms with Gasteiger partial charge in [-0.05, 0) is 57.2 Å². The fraction of sp³-hybridized carbons (Fsp3) is 0.542. The molecule has 1 saturated heterocycles. The van der Waals surface area contributed by atoms with Crippen LogP contribution in [0.4, 0.5) is 11.6 Å². The Morgan fingerprint density at radius 3 is 2.54 bits per heavy atom. The molecule has 2 aliphatic rings. The van der Waals surface area contributed by atoms with Crippen LogP contribution in [0.25, 0.3) is 11.2 Å².